The average molecular weight is 467 g/mol. The monoisotopic (exact) mass is 466 g/mol. The van der Waals surface area contributed by atoms with Crippen LogP contribution in [0, 0.1) is 11.7 Å². The van der Waals surface area contributed by atoms with Crippen LogP contribution < -0.4 is 5.32 Å². The molecule has 2 aromatic rings. The molecule has 1 amide bonds. The predicted octanol–water partition coefficient (Wildman–Crippen LogP) is 4.55. The molecule has 1 N–H and O–H groups in total. The van der Waals surface area contributed by atoms with Crippen molar-refractivity contribution in [2.24, 2.45) is 5.92 Å². The highest BCUT2D eigenvalue weighted by Gasteiger charge is 2.43. The third kappa shape index (κ3) is 5.04. The number of carbonyl (C=O) groups excluding carboxylic acids is 1. The maximum atomic E-state index is 13.8. The molecular weight excluding hydrogens is 431 g/mol. The Labute approximate surface area is 201 Å². The van der Waals surface area contributed by atoms with E-state index in [1.54, 1.807) is 12.1 Å². The lowest BCUT2D eigenvalue weighted by Crippen LogP contribution is -2.53. The predicted molar refractivity (Wildman–Crippen MR) is 130 cm³/mol. The number of halogens is 1. The minimum absolute atomic E-state index is 0.0143. The highest BCUT2D eigenvalue weighted by Crippen LogP contribution is 2.37. The van der Waals surface area contributed by atoms with E-state index in [-0.39, 0.29) is 36.1 Å². The topological polar surface area (TPSA) is 50.8 Å². The molecule has 3 fully saturated rings. The van der Waals surface area contributed by atoms with Gasteiger partial charge in [0.1, 0.15) is 18.1 Å². The largest absolute Gasteiger partial charge is 0.368 e. The maximum absolute atomic E-state index is 13.8. The number of hydrogen-bond acceptors (Lipinski definition) is 4. The van der Waals surface area contributed by atoms with E-state index < -0.39 is 0 Å². The number of rotatable bonds is 8. The molecule has 6 heteroatoms. The van der Waals surface area contributed by atoms with Gasteiger partial charge in [-0.15, -0.1) is 0 Å². The molecular formula is C28H35FN2O3. The van der Waals surface area contributed by atoms with Crippen LogP contribution in [-0.4, -0.2) is 55.5 Å². The third-order valence-electron chi connectivity index (χ3n) is 7.79. The second-order valence-electron chi connectivity index (χ2n) is 9.94. The summed E-state index contributed by atoms with van der Waals surface area (Å²) in [5.41, 5.74) is 3.06. The van der Waals surface area contributed by atoms with E-state index in [9.17, 15) is 9.18 Å². The number of benzene rings is 2. The van der Waals surface area contributed by atoms with Gasteiger partial charge in [0, 0.05) is 32.3 Å². The van der Waals surface area contributed by atoms with Crippen LogP contribution in [0.15, 0.2) is 48.5 Å². The molecule has 2 heterocycles. The lowest BCUT2D eigenvalue weighted by atomic mass is 9.83. The molecule has 0 aromatic heterocycles. The summed E-state index contributed by atoms with van der Waals surface area (Å²) >= 11 is 0. The van der Waals surface area contributed by atoms with Gasteiger partial charge in [-0.05, 0) is 73.3 Å². The summed E-state index contributed by atoms with van der Waals surface area (Å²) in [5.74, 6) is 0.337. The van der Waals surface area contributed by atoms with E-state index >= 15 is 0 Å². The molecule has 2 saturated heterocycles. The van der Waals surface area contributed by atoms with E-state index in [0.717, 1.165) is 43.4 Å². The van der Waals surface area contributed by atoms with Gasteiger partial charge in [-0.2, -0.15) is 0 Å². The van der Waals surface area contributed by atoms with Crippen LogP contribution in [0.1, 0.15) is 44.1 Å². The molecule has 0 spiro atoms. The zero-order chi connectivity index (χ0) is 23.5. The van der Waals surface area contributed by atoms with Gasteiger partial charge >= 0.3 is 0 Å². The van der Waals surface area contributed by atoms with Crippen LogP contribution in [0.5, 0.6) is 0 Å². The van der Waals surface area contributed by atoms with Gasteiger partial charge in [-0.3, -0.25) is 9.69 Å². The summed E-state index contributed by atoms with van der Waals surface area (Å²) in [7, 11) is 1.81. The summed E-state index contributed by atoms with van der Waals surface area (Å²) in [4.78, 5) is 15.4. The number of carbonyl (C=O) groups is 1. The van der Waals surface area contributed by atoms with Gasteiger partial charge in [0.15, 0.2) is 0 Å². The first-order chi connectivity index (χ1) is 16.6. The molecule has 1 aliphatic carbocycles. The number of hydrogen-bond donors (Lipinski definition) is 1. The third-order valence-corrected chi connectivity index (χ3v) is 7.79. The first-order valence-corrected chi connectivity index (χ1v) is 12.7. The van der Waals surface area contributed by atoms with Crippen molar-refractivity contribution in [3.8, 4) is 11.1 Å². The van der Waals surface area contributed by atoms with E-state index in [4.69, 9.17) is 9.47 Å². The fourth-order valence-corrected chi connectivity index (χ4v) is 5.79. The minimum atomic E-state index is -0.323. The molecule has 3 aliphatic rings. The molecule has 182 valence electrons. The molecule has 5 nitrogen and oxygen atoms in total. The van der Waals surface area contributed by atoms with Crippen molar-refractivity contribution >= 4 is 5.91 Å². The number of nitrogens with one attached hydrogen (secondary N) is 1. The second kappa shape index (κ2) is 10.5. The summed E-state index contributed by atoms with van der Waals surface area (Å²) in [6, 6.07) is 15.2. The van der Waals surface area contributed by atoms with E-state index in [0.29, 0.717) is 12.5 Å². The molecule has 0 bridgehead atoms. The average Bonchev–Trinajstić information content (AvgIpc) is 3.48. The minimum Gasteiger partial charge on any atom is -0.368 e. The van der Waals surface area contributed by atoms with Crippen LogP contribution in [0.3, 0.4) is 0 Å². The van der Waals surface area contributed by atoms with Crippen molar-refractivity contribution in [3.63, 3.8) is 0 Å². The normalized spacial score (nSPS) is 26.4. The Morgan fingerprint density at radius 2 is 1.91 bits per heavy atom. The van der Waals surface area contributed by atoms with Gasteiger partial charge in [-0.25, -0.2) is 4.39 Å². The van der Waals surface area contributed by atoms with E-state index in [2.05, 4.69) is 22.3 Å². The Kier molecular flexibility index (Phi) is 7.28. The van der Waals surface area contributed by atoms with Crippen molar-refractivity contribution < 1.29 is 18.7 Å². The summed E-state index contributed by atoms with van der Waals surface area (Å²) in [5, 5.41) is 3.32. The number of methoxy groups -OCH3 is 1. The number of amides is 1. The Bertz CT molecular complexity index is 989. The van der Waals surface area contributed by atoms with Gasteiger partial charge in [0.25, 0.3) is 0 Å². The highest BCUT2D eigenvalue weighted by molar-refractivity contribution is 5.81. The van der Waals surface area contributed by atoms with Gasteiger partial charge in [-0.1, -0.05) is 42.8 Å². The van der Waals surface area contributed by atoms with Gasteiger partial charge in [0.05, 0.1) is 0 Å². The van der Waals surface area contributed by atoms with Crippen molar-refractivity contribution in [1.29, 1.82) is 0 Å². The van der Waals surface area contributed by atoms with Crippen molar-refractivity contribution in [1.82, 2.24) is 10.2 Å². The molecule has 4 atom stereocenters. The van der Waals surface area contributed by atoms with E-state index in [1.165, 1.54) is 30.9 Å². The summed E-state index contributed by atoms with van der Waals surface area (Å²) < 4.78 is 25.4. The zero-order valence-corrected chi connectivity index (χ0v) is 19.9. The molecule has 1 unspecified atom stereocenters. The van der Waals surface area contributed by atoms with Crippen LogP contribution >= 0.6 is 0 Å². The smallest absolute Gasteiger partial charge is 0.249 e. The Balaban J connectivity index is 1.38. The fourth-order valence-electron chi connectivity index (χ4n) is 5.79. The van der Waals surface area contributed by atoms with Crippen LogP contribution in [0.2, 0.25) is 0 Å². The van der Waals surface area contributed by atoms with Crippen LogP contribution in [-0.2, 0) is 20.7 Å². The molecule has 2 aliphatic heterocycles. The number of likely N-dealkylation sites (tertiary alicyclic amines) is 1. The SMILES string of the molecule is COC(C1CCC1)N1CC[C@H](NC(=O)[C@@H]2CCCO2)[C@@H]1Cc1cccc(-c2cccc(F)c2)c1. The zero-order valence-electron chi connectivity index (χ0n) is 19.9. The second-order valence-corrected chi connectivity index (χ2v) is 9.94. The standard InChI is InChI=1S/C28H35FN2O3/c1-33-28(20-7-3-8-20)31-14-13-24(30-27(32)26-12-5-15-34-26)25(31)17-19-6-2-9-21(16-19)22-10-4-11-23(29)18-22/h2,4,6,9-11,16,18,20,24-26,28H,3,5,7-8,12-15,17H2,1H3,(H,30,32)/t24-,25-,26-,28?/m0/s1. The van der Waals surface area contributed by atoms with E-state index in [1.807, 2.05) is 25.3 Å². The number of nitrogens with zero attached hydrogens (tertiary/aromatic N) is 1. The van der Waals surface area contributed by atoms with Crippen molar-refractivity contribution in [2.45, 2.75) is 69.4 Å². The van der Waals surface area contributed by atoms with Crippen LogP contribution in [0.25, 0.3) is 11.1 Å². The van der Waals surface area contributed by atoms with Gasteiger partial charge in [0.2, 0.25) is 5.91 Å². The Morgan fingerprint density at radius 1 is 1.12 bits per heavy atom. The van der Waals surface area contributed by atoms with Gasteiger partial charge < -0.3 is 14.8 Å². The highest BCUT2D eigenvalue weighted by atomic mass is 19.1. The molecule has 5 rings (SSSR count). The van der Waals surface area contributed by atoms with Crippen molar-refractivity contribution in [2.75, 3.05) is 20.3 Å². The molecule has 34 heavy (non-hydrogen) atoms. The maximum Gasteiger partial charge on any atom is 0.249 e. The first-order valence-electron chi connectivity index (χ1n) is 12.7. The van der Waals surface area contributed by atoms with Crippen LogP contribution in [0.4, 0.5) is 4.39 Å². The molecule has 0 radical (unpaired) electrons. The van der Waals surface area contributed by atoms with Crippen molar-refractivity contribution in [3.05, 3.63) is 59.9 Å². The summed E-state index contributed by atoms with van der Waals surface area (Å²) in [6.45, 7) is 1.57. The quantitative estimate of drug-likeness (QED) is 0.620. The Morgan fingerprint density at radius 3 is 2.59 bits per heavy atom. The fraction of sp³-hybridized carbons (Fsp3) is 0.536. The lowest BCUT2D eigenvalue weighted by molar-refractivity contribution is -0.131. The molecule has 2 aromatic carbocycles. The number of ether oxygens (including phenoxy) is 2. The first kappa shape index (κ1) is 23.5. The summed E-state index contributed by atoms with van der Waals surface area (Å²) in [6.07, 6.45) is 6.85. The lowest BCUT2D eigenvalue weighted by Gasteiger charge is -2.42. The molecule has 1 saturated carbocycles. The Hall–Kier alpha value is -2.28.